The largest absolute Gasteiger partial charge is 0.352 e. The summed E-state index contributed by atoms with van der Waals surface area (Å²) >= 11 is 0. The van der Waals surface area contributed by atoms with Gasteiger partial charge in [-0.1, -0.05) is 0 Å². The van der Waals surface area contributed by atoms with Gasteiger partial charge in [-0.25, -0.2) is 13.8 Å². The maximum atomic E-state index is 12.8. The first-order valence-corrected chi connectivity index (χ1v) is 6.96. The predicted octanol–water partition coefficient (Wildman–Crippen LogP) is 3.16. The van der Waals surface area contributed by atoms with Gasteiger partial charge in [0.1, 0.15) is 11.9 Å². The lowest BCUT2D eigenvalue weighted by Crippen LogP contribution is -2.32. The number of aryl methyl sites for hydroxylation is 1. The number of hydrogen-bond donors (Lipinski definition) is 0. The highest BCUT2D eigenvalue weighted by atomic mass is 19.3. The molecule has 0 spiro atoms. The molecular weight excluding hydrogens is 286 g/mol. The van der Waals surface area contributed by atoms with Gasteiger partial charge in [0.25, 0.3) is 6.43 Å². The van der Waals surface area contributed by atoms with Gasteiger partial charge in [0.15, 0.2) is 0 Å². The summed E-state index contributed by atoms with van der Waals surface area (Å²) in [6, 6.07) is 5.37. The molecule has 2 aromatic heterocycles. The second kappa shape index (κ2) is 5.68. The van der Waals surface area contributed by atoms with E-state index in [1.807, 2.05) is 11.8 Å². The SMILES string of the molecule is Cc1cc(C#N)cnc1N1CCc2ncc(C(F)F)cc2C1. The first kappa shape index (κ1) is 14.4. The second-order valence-electron chi connectivity index (χ2n) is 5.32. The van der Waals surface area contributed by atoms with E-state index < -0.39 is 6.43 Å². The summed E-state index contributed by atoms with van der Waals surface area (Å²) in [7, 11) is 0. The van der Waals surface area contributed by atoms with Crippen molar-refractivity contribution in [3.63, 3.8) is 0 Å². The van der Waals surface area contributed by atoms with Gasteiger partial charge in [0, 0.05) is 43.2 Å². The van der Waals surface area contributed by atoms with E-state index in [4.69, 9.17) is 5.26 Å². The molecule has 0 unspecified atom stereocenters. The van der Waals surface area contributed by atoms with Crippen LogP contribution in [0.5, 0.6) is 0 Å². The van der Waals surface area contributed by atoms with Crippen molar-refractivity contribution in [2.24, 2.45) is 0 Å². The van der Waals surface area contributed by atoms with Crippen molar-refractivity contribution in [1.82, 2.24) is 9.97 Å². The standard InChI is InChI=1S/C16H14F2N4/c1-10-4-11(6-19)7-21-16(10)22-3-2-14-13(9-22)5-12(8-20-14)15(17)18/h4-5,7-8,15H,2-3,9H2,1H3. The first-order chi connectivity index (χ1) is 10.6. The molecule has 0 fully saturated rings. The Hall–Kier alpha value is -2.55. The second-order valence-corrected chi connectivity index (χ2v) is 5.32. The van der Waals surface area contributed by atoms with Crippen molar-refractivity contribution in [2.75, 3.05) is 11.4 Å². The van der Waals surface area contributed by atoms with E-state index in [0.717, 1.165) is 29.2 Å². The molecule has 0 aliphatic carbocycles. The van der Waals surface area contributed by atoms with Gasteiger partial charge >= 0.3 is 0 Å². The molecular formula is C16H14F2N4. The number of hydrogen-bond acceptors (Lipinski definition) is 4. The van der Waals surface area contributed by atoms with Crippen LogP contribution in [0.4, 0.5) is 14.6 Å². The highest BCUT2D eigenvalue weighted by Crippen LogP contribution is 2.27. The van der Waals surface area contributed by atoms with Crippen molar-refractivity contribution < 1.29 is 8.78 Å². The lowest BCUT2D eigenvalue weighted by atomic mass is 10.0. The van der Waals surface area contributed by atoms with Crippen LogP contribution in [-0.4, -0.2) is 16.5 Å². The van der Waals surface area contributed by atoms with E-state index >= 15 is 0 Å². The summed E-state index contributed by atoms with van der Waals surface area (Å²) < 4.78 is 25.6. The molecule has 4 nitrogen and oxygen atoms in total. The predicted molar refractivity (Wildman–Crippen MR) is 77.6 cm³/mol. The number of fused-ring (bicyclic) bond motifs is 1. The molecule has 0 aromatic carbocycles. The first-order valence-electron chi connectivity index (χ1n) is 6.96. The number of nitriles is 1. The zero-order valence-corrected chi connectivity index (χ0v) is 12.1. The molecule has 0 radical (unpaired) electrons. The van der Waals surface area contributed by atoms with Gasteiger partial charge < -0.3 is 4.90 Å². The number of aromatic nitrogens is 2. The Kier molecular flexibility index (Phi) is 3.72. The third-order valence-electron chi connectivity index (χ3n) is 3.79. The fraction of sp³-hybridized carbons (Fsp3) is 0.312. The number of alkyl halides is 2. The lowest BCUT2D eigenvalue weighted by molar-refractivity contribution is 0.150. The molecule has 2 aromatic rings. The normalized spacial score (nSPS) is 13.9. The Bertz CT molecular complexity index is 752. The molecule has 3 heterocycles. The molecule has 0 saturated carbocycles. The van der Waals surface area contributed by atoms with Gasteiger partial charge in [-0.3, -0.25) is 4.98 Å². The van der Waals surface area contributed by atoms with Crippen LogP contribution >= 0.6 is 0 Å². The van der Waals surface area contributed by atoms with E-state index in [-0.39, 0.29) is 5.56 Å². The minimum Gasteiger partial charge on any atom is -0.352 e. The smallest absolute Gasteiger partial charge is 0.265 e. The van der Waals surface area contributed by atoms with Crippen molar-refractivity contribution in [1.29, 1.82) is 5.26 Å². The fourth-order valence-corrected chi connectivity index (χ4v) is 2.70. The van der Waals surface area contributed by atoms with Crippen molar-refractivity contribution in [2.45, 2.75) is 26.3 Å². The van der Waals surface area contributed by atoms with Crippen LogP contribution in [0.3, 0.4) is 0 Å². The summed E-state index contributed by atoms with van der Waals surface area (Å²) in [5, 5.41) is 8.89. The quantitative estimate of drug-likeness (QED) is 0.855. The third-order valence-corrected chi connectivity index (χ3v) is 3.79. The number of pyridine rings is 2. The third kappa shape index (κ3) is 2.62. The molecule has 1 aliphatic rings. The Labute approximate surface area is 127 Å². The van der Waals surface area contributed by atoms with E-state index in [1.54, 1.807) is 6.07 Å². The van der Waals surface area contributed by atoms with Crippen molar-refractivity contribution >= 4 is 5.82 Å². The van der Waals surface area contributed by atoms with Crippen LogP contribution in [0.1, 0.15) is 34.4 Å². The lowest BCUT2D eigenvalue weighted by Gasteiger charge is -2.30. The molecule has 0 saturated heterocycles. The summed E-state index contributed by atoms with van der Waals surface area (Å²) in [6.45, 7) is 3.13. The summed E-state index contributed by atoms with van der Waals surface area (Å²) in [5.41, 5.74) is 3.05. The molecule has 1 aliphatic heterocycles. The summed E-state index contributed by atoms with van der Waals surface area (Å²) in [6.07, 6.45) is 0.971. The molecule has 0 amide bonds. The van der Waals surface area contributed by atoms with E-state index in [0.29, 0.717) is 18.5 Å². The van der Waals surface area contributed by atoms with Gasteiger partial charge in [0.05, 0.1) is 5.56 Å². The van der Waals surface area contributed by atoms with Crippen LogP contribution in [0, 0.1) is 18.3 Å². The van der Waals surface area contributed by atoms with Gasteiger partial charge in [0.2, 0.25) is 0 Å². The van der Waals surface area contributed by atoms with Crippen LogP contribution in [0.2, 0.25) is 0 Å². The van der Waals surface area contributed by atoms with E-state index in [1.165, 1.54) is 18.5 Å². The van der Waals surface area contributed by atoms with Crippen molar-refractivity contribution in [3.8, 4) is 6.07 Å². The van der Waals surface area contributed by atoms with E-state index in [9.17, 15) is 8.78 Å². The molecule has 0 N–H and O–H groups in total. The molecule has 0 bridgehead atoms. The molecule has 112 valence electrons. The van der Waals surface area contributed by atoms with Crippen LogP contribution in [-0.2, 0) is 13.0 Å². The number of halogens is 2. The molecule has 22 heavy (non-hydrogen) atoms. The minimum absolute atomic E-state index is 0.0508. The zero-order chi connectivity index (χ0) is 15.7. The minimum atomic E-state index is -2.51. The average Bonchev–Trinajstić information content (AvgIpc) is 2.53. The van der Waals surface area contributed by atoms with Crippen LogP contribution in [0.15, 0.2) is 24.5 Å². The summed E-state index contributed by atoms with van der Waals surface area (Å²) in [4.78, 5) is 10.5. The van der Waals surface area contributed by atoms with Gasteiger partial charge in [-0.15, -0.1) is 0 Å². The van der Waals surface area contributed by atoms with Crippen LogP contribution in [0.25, 0.3) is 0 Å². The maximum Gasteiger partial charge on any atom is 0.265 e. The zero-order valence-electron chi connectivity index (χ0n) is 12.1. The van der Waals surface area contributed by atoms with Gasteiger partial charge in [-0.05, 0) is 30.2 Å². The monoisotopic (exact) mass is 300 g/mol. The highest BCUT2D eigenvalue weighted by molar-refractivity contribution is 5.51. The molecule has 6 heteroatoms. The Morgan fingerprint density at radius 3 is 2.77 bits per heavy atom. The Balaban J connectivity index is 1.90. The Morgan fingerprint density at radius 1 is 1.27 bits per heavy atom. The average molecular weight is 300 g/mol. The molecule has 3 rings (SSSR count). The fourth-order valence-electron chi connectivity index (χ4n) is 2.70. The highest BCUT2D eigenvalue weighted by Gasteiger charge is 2.21. The number of nitrogens with zero attached hydrogens (tertiary/aromatic N) is 4. The summed E-state index contributed by atoms with van der Waals surface area (Å²) in [5.74, 6) is 0.784. The number of anilines is 1. The van der Waals surface area contributed by atoms with Crippen molar-refractivity contribution in [3.05, 3.63) is 52.5 Å². The molecule has 0 atom stereocenters. The Morgan fingerprint density at radius 2 is 2.09 bits per heavy atom. The van der Waals surface area contributed by atoms with E-state index in [2.05, 4.69) is 16.0 Å². The maximum absolute atomic E-state index is 12.8. The topological polar surface area (TPSA) is 52.8 Å². The van der Waals surface area contributed by atoms with Gasteiger partial charge in [-0.2, -0.15) is 5.26 Å². The number of rotatable bonds is 2. The van der Waals surface area contributed by atoms with Crippen LogP contribution < -0.4 is 4.90 Å².